The van der Waals surface area contributed by atoms with Crippen LogP contribution in [0, 0.1) is 0 Å². The molecular formula is C17H14O3S. The summed E-state index contributed by atoms with van der Waals surface area (Å²) in [5.74, 6) is 0.493. The van der Waals surface area contributed by atoms with Gasteiger partial charge in [0.1, 0.15) is 0 Å². The van der Waals surface area contributed by atoms with Crippen LogP contribution in [0.1, 0.15) is 22.8 Å². The molecule has 0 unspecified atom stereocenters. The van der Waals surface area contributed by atoms with Crippen LogP contribution >= 0.6 is 11.8 Å². The number of ether oxygens (including phenoxy) is 1. The molecule has 2 aromatic rings. The molecule has 3 nitrogen and oxygen atoms in total. The Morgan fingerprint density at radius 3 is 2.76 bits per heavy atom. The number of hydrogen-bond acceptors (Lipinski definition) is 4. The van der Waals surface area contributed by atoms with Crippen LogP contribution in [0.3, 0.4) is 0 Å². The summed E-state index contributed by atoms with van der Waals surface area (Å²) in [5, 5.41) is 10.2. The van der Waals surface area contributed by atoms with Crippen molar-refractivity contribution < 1.29 is 14.6 Å². The number of para-hydroxylation sites is 1. The first-order chi connectivity index (χ1) is 10.2. The summed E-state index contributed by atoms with van der Waals surface area (Å²) in [6.45, 7) is 2.34. The van der Waals surface area contributed by atoms with Gasteiger partial charge in [0.2, 0.25) is 5.78 Å². The van der Waals surface area contributed by atoms with Crippen molar-refractivity contribution in [2.45, 2.75) is 11.8 Å². The predicted octanol–water partition coefficient (Wildman–Crippen LogP) is 4.12. The van der Waals surface area contributed by atoms with E-state index in [0.717, 1.165) is 4.90 Å². The van der Waals surface area contributed by atoms with Gasteiger partial charge in [-0.15, -0.1) is 0 Å². The van der Waals surface area contributed by atoms with Crippen molar-refractivity contribution >= 4 is 23.6 Å². The molecule has 21 heavy (non-hydrogen) atoms. The van der Waals surface area contributed by atoms with E-state index in [9.17, 15) is 9.90 Å². The summed E-state index contributed by atoms with van der Waals surface area (Å²) in [7, 11) is 0. The second-order valence-electron chi connectivity index (χ2n) is 4.56. The quantitative estimate of drug-likeness (QED) is 0.866. The molecule has 1 aliphatic heterocycles. The van der Waals surface area contributed by atoms with Crippen molar-refractivity contribution in [3.05, 3.63) is 58.5 Å². The standard InChI is InChI=1S/C17H14O3S/c1-2-20-13-8-5-6-11(16(13)18)10-15-17(19)12-7-3-4-9-14(12)21-15/h3-10,18H,2H2,1H3/b15-10-. The Labute approximate surface area is 127 Å². The normalized spacial score (nSPS) is 15.3. The van der Waals surface area contributed by atoms with Gasteiger partial charge >= 0.3 is 0 Å². The average Bonchev–Trinajstić information content (AvgIpc) is 2.81. The number of thioether (sulfide) groups is 1. The number of benzene rings is 2. The highest BCUT2D eigenvalue weighted by Crippen LogP contribution is 2.42. The van der Waals surface area contributed by atoms with E-state index in [1.54, 1.807) is 24.3 Å². The summed E-state index contributed by atoms with van der Waals surface area (Å²) in [4.78, 5) is 13.9. The Morgan fingerprint density at radius 2 is 2.00 bits per heavy atom. The lowest BCUT2D eigenvalue weighted by Crippen LogP contribution is -1.95. The van der Waals surface area contributed by atoms with Crippen molar-refractivity contribution in [1.82, 2.24) is 0 Å². The van der Waals surface area contributed by atoms with Gasteiger partial charge in [-0.05, 0) is 31.2 Å². The lowest BCUT2D eigenvalue weighted by atomic mass is 10.1. The molecule has 3 rings (SSSR count). The van der Waals surface area contributed by atoms with Gasteiger partial charge in [0, 0.05) is 16.0 Å². The number of allylic oxidation sites excluding steroid dienone is 1. The highest BCUT2D eigenvalue weighted by Gasteiger charge is 2.25. The molecule has 1 aliphatic rings. The molecule has 0 spiro atoms. The smallest absolute Gasteiger partial charge is 0.200 e. The van der Waals surface area contributed by atoms with E-state index in [1.165, 1.54) is 11.8 Å². The Bertz CT molecular complexity index is 735. The Hall–Kier alpha value is -2.20. The lowest BCUT2D eigenvalue weighted by molar-refractivity contribution is 0.104. The fourth-order valence-electron chi connectivity index (χ4n) is 2.20. The van der Waals surface area contributed by atoms with Crippen LogP contribution in [0.15, 0.2) is 52.3 Å². The fraction of sp³-hybridized carbons (Fsp3) is 0.118. The van der Waals surface area contributed by atoms with E-state index in [0.29, 0.717) is 28.4 Å². The summed E-state index contributed by atoms with van der Waals surface area (Å²) >= 11 is 1.43. The number of rotatable bonds is 3. The van der Waals surface area contributed by atoms with Gasteiger partial charge in [-0.2, -0.15) is 0 Å². The molecule has 1 heterocycles. The number of ketones is 1. The largest absolute Gasteiger partial charge is 0.504 e. The van der Waals surface area contributed by atoms with Gasteiger partial charge in [-0.1, -0.05) is 36.0 Å². The molecule has 4 heteroatoms. The highest BCUT2D eigenvalue weighted by molar-refractivity contribution is 8.04. The molecule has 0 aromatic heterocycles. The predicted molar refractivity (Wildman–Crippen MR) is 83.9 cm³/mol. The molecule has 0 radical (unpaired) electrons. The number of phenols is 1. The van der Waals surface area contributed by atoms with Crippen molar-refractivity contribution in [3.8, 4) is 11.5 Å². The van der Waals surface area contributed by atoms with Crippen LogP contribution in [0.25, 0.3) is 6.08 Å². The van der Waals surface area contributed by atoms with Crippen LogP contribution in [0.2, 0.25) is 0 Å². The van der Waals surface area contributed by atoms with Gasteiger partial charge in [0.25, 0.3) is 0 Å². The zero-order chi connectivity index (χ0) is 14.8. The minimum absolute atomic E-state index is 0.00295. The first-order valence-corrected chi connectivity index (χ1v) is 7.50. The Morgan fingerprint density at radius 1 is 1.19 bits per heavy atom. The van der Waals surface area contributed by atoms with E-state index in [1.807, 2.05) is 31.2 Å². The molecule has 106 valence electrons. The van der Waals surface area contributed by atoms with Gasteiger partial charge in [0.15, 0.2) is 11.5 Å². The molecule has 2 aromatic carbocycles. The maximum atomic E-state index is 12.3. The molecule has 0 bridgehead atoms. The van der Waals surface area contributed by atoms with E-state index in [-0.39, 0.29) is 11.5 Å². The lowest BCUT2D eigenvalue weighted by Gasteiger charge is -2.07. The maximum Gasteiger partial charge on any atom is 0.200 e. The Balaban J connectivity index is 1.98. The number of hydrogen-bond donors (Lipinski definition) is 1. The minimum atomic E-state index is -0.00295. The molecule has 1 N–H and O–H groups in total. The first kappa shape index (κ1) is 13.8. The number of carbonyl (C=O) groups excluding carboxylic acids is 1. The number of Topliss-reactive ketones (excluding diaryl/α,β-unsaturated/α-hetero) is 1. The van der Waals surface area contributed by atoms with Gasteiger partial charge < -0.3 is 9.84 Å². The summed E-state index contributed by atoms with van der Waals surface area (Å²) in [6, 6.07) is 12.8. The second kappa shape index (κ2) is 5.66. The van der Waals surface area contributed by atoms with Gasteiger partial charge in [-0.3, -0.25) is 4.79 Å². The van der Waals surface area contributed by atoms with Crippen molar-refractivity contribution in [2.24, 2.45) is 0 Å². The zero-order valence-corrected chi connectivity index (χ0v) is 12.3. The summed E-state index contributed by atoms with van der Waals surface area (Å²) in [6.07, 6.45) is 1.71. The van der Waals surface area contributed by atoms with Crippen LogP contribution in [0.4, 0.5) is 0 Å². The van der Waals surface area contributed by atoms with Crippen LogP contribution in [-0.4, -0.2) is 17.5 Å². The summed E-state index contributed by atoms with van der Waals surface area (Å²) < 4.78 is 5.36. The molecular weight excluding hydrogens is 284 g/mol. The molecule has 0 fully saturated rings. The SMILES string of the molecule is CCOc1cccc(/C=C2\Sc3ccccc3C2=O)c1O. The molecule has 0 amide bonds. The fourth-order valence-corrected chi connectivity index (χ4v) is 3.25. The zero-order valence-electron chi connectivity index (χ0n) is 11.5. The third-order valence-corrected chi connectivity index (χ3v) is 4.29. The molecule has 0 aliphatic carbocycles. The average molecular weight is 298 g/mol. The number of aromatic hydroxyl groups is 1. The Kier molecular flexibility index (Phi) is 3.71. The number of fused-ring (bicyclic) bond motifs is 1. The summed E-state index contributed by atoms with van der Waals surface area (Å²) in [5.41, 5.74) is 1.30. The molecule has 0 saturated heterocycles. The van der Waals surface area contributed by atoms with E-state index >= 15 is 0 Å². The van der Waals surface area contributed by atoms with E-state index < -0.39 is 0 Å². The van der Waals surface area contributed by atoms with Crippen molar-refractivity contribution in [1.29, 1.82) is 0 Å². The van der Waals surface area contributed by atoms with Crippen molar-refractivity contribution in [2.75, 3.05) is 6.61 Å². The van der Waals surface area contributed by atoms with Crippen LogP contribution < -0.4 is 4.74 Å². The minimum Gasteiger partial charge on any atom is -0.504 e. The molecule has 0 atom stereocenters. The third-order valence-electron chi connectivity index (χ3n) is 3.19. The van der Waals surface area contributed by atoms with E-state index in [4.69, 9.17) is 4.74 Å². The van der Waals surface area contributed by atoms with Crippen molar-refractivity contribution in [3.63, 3.8) is 0 Å². The third kappa shape index (κ3) is 2.54. The number of carbonyl (C=O) groups is 1. The monoisotopic (exact) mass is 298 g/mol. The topological polar surface area (TPSA) is 46.5 Å². The van der Waals surface area contributed by atoms with Crippen LogP contribution in [0.5, 0.6) is 11.5 Å². The van der Waals surface area contributed by atoms with Crippen LogP contribution in [-0.2, 0) is 0 Å². The first-order valence-electron chi connectivity index (χ1n) is 6.68. The van der Waals surface area contributed by atoms with E-state index in [2.05, 4.69) is 0 Å². The number of phenolic OH excluding ortho intramolecular Hbond substituents is 1. The maximum absolute atomic E-state index is 12.3. The van der Waals surface area contributed by atoms with Gasteiger partial charge in [-0.25, -0.2) is 0 Å². The van der Waals surface area contributed by atoms with Gasteiger partial charge in [0.05, 0.1) is 11.5 Å². The second-order valence-corrected chi connectivity index (χ2v) is 5.65. The highest BCUT2D eigenvalue weighted by atomic mass is 32.2. The molecule has 0 saturated carbocycles.